The van der Waals surface area contributed by atoms with E-state index in [1.165, 1.54) is 0 Å². The van der Waals surface area contributed by atoms with Crippen molar-refractivity contribution in [1.82, 2.24) is 9.80 Å². The fourth-order valence-electron chi connectivity index (χ4n) is 3.25. The summed E-state index contributed by atoms with van der Waals surface area (Å²) >= 11 is 12.1. The molecule has 0 bridgehead atoms. The van der Waals surface area contributed by atoms with Crippen LogP contribution in [0.2, 0.25) is 5.02 Å². The molecule has 1 aliphatic rings. The summed E-state index contributed by atoms with van der Waals surface area (Å²) in [5.41, 5.74) is 1.97. The predicted molar refractivity (Wildman–Crippen MR) is 114 cm³/mol. The number of aryl methyl sites for hydroxylation is 1. The van der Waals surface area contributed by atoms with Gasteiger partial charge in [-0.3, -0.25) is 4.79 Å². The number of piperidine rings is 1. The van der Waals surface area contributed by atoms with Gasteiger partial charge in [0.25, 0.3) is 0 Å². The Kier molecular flexibility index (Phi) is 7.71. The number of rotatable bonds is 5. The van der Waals surface area contributed by atoms with E-state index in [1.807, 2.05) is 30.0 Å². The van der Waals surface area contributed by atoms with Crippen LogP contribution in [0.1, 0.15) is 45.6 Å². The van der Waals surface area contributed by atoms with Crippen molar-refractivity contribution in [1.29, 1.82) is 0 Å². The van der Waals surface area contributed by atoms with E-state index < -0.39 is 0 Å². The van der Waals surface area contributed by atoms with Gasteiger partial charge in [0.05, 0.1) is 10.7 Å². The number of carbonyl (C=O) groups excluding carboxylic acids is 1. The number of thiocarbonyl (C=S) groups is 1. The van der Waals surface area contributed by atoms with Gasteiger partial charge in [0.2, 0.25) is 5.91 Å². The molecule has 4 nitrogen and oxygen atoms in total. The van der Waals surface area contributed by atoms with E-state index in [-0.39, 0.29) is 5.91 Å². The molecule has 0 aliphatic carbocycles. The van der Waals surface area contributed by atoms with E-state index in [9.17, 15) is 4.79 Å². The topological polar surface area (TPSA) is 35.6 Å². The minimum atomic E-state index is 0.157. The normalized spacial score (nSPS) is 15.2. The minimum absolute atomic E-state index is 0.157. The van der Waals surface area contributed by atoms with Crippen LogP contribution in [0.25, 0.3) is 0 Å². The number of hydrogen-bond acceptors (Lipinski definition) is 2. The van der Waals surface area contributed by atoms with E-state index in [1.54, 1.807) is 6.92 Å². The summed E-state index contributed by atoms with van der Waals surface area (Å²) in [6, 6.07) is 6.30. The number of carbonyl (C=O) groups is 1. The highest BCUT2D eigenvalue weighted by atomic mass is 35.5. The standard InChI is InChI=1S/C20H30ClN3OS/c1-14(2)7-12-24(17-8-10-23(11-9-17)16(4)25)20(26)22-19-6-5-15(3)13-18(19)21/h5-6,13-14,17H,7-12H2,1-4H3,(H,22,26). The Labute approximate surface area is 167 Å². The lowest BCUT2D eigenvalue weighted by Gasteiger charge is -2.40. The zero-order valence-electron chi connectivity index (χ0n) is 16.2. The zero-order chi connectivity index (χ0) is 19.3. The molecule has 1 heterocycles. The van der Waals surface area contributed by atoms with Crippen molar-refractivity contribution in [3.05, 3.63) is 28.8 Å². The number of likely N-dealkylation sites (tertiary alicyclic amines) is 1. The van der Waals surface area contributed by atoms with Crippen LogP contribution in [-0.2, 0) is 4.79 Å². The highest BCUT2D eigenvalue weighted by Crippen LogP contribution is 2.25. The molecule has 0 spiro atoms. The van der Waals surface area contributed by atoms with E-state index in [2.05, 4.69) is 24.1 Å². The van der Waals surface area contributed by atoms with Gasteiger partial charge in [-0.25, -0.2) is 0 Å². The molecule has 1 saturated heterocycles. The summed E-state index contributed by atoms with van der Waals surface area (Å²) in [5.74, 6) is 0.768. The third kappa shape index (κ3) is 5.85. The Morgan fingerprint density at radius 2 is 2.04 bits per heavy atom. The molecule has 0 unspecified atom stereocenters. The molecule has 0 radical (unpaired) electrons. The van der Waals surface area contributed by atoms with Gasteiger partial charge in [-0.1, -0.05) is 31.5 Å². The Bertz CT molecular complexity index is 642. The van der Waals surface area contributed by atoms with Gasteiger partial charge >= 0.3 is 0 Å². The predicted octanol–water partition coefficient (Wildman–Crippen LogP) is 4.70. The first-order chi connectivity index (χ1) is 12.3. The quantitative estimate of drug-likeness (QED) is 0.732. The summed E-state index contributed by atoms with van der Waals surface area (Å²) in [6.07, 6.45) is 2.97. The van der Waals surface area contributed by atoms with E-state index in [0.717, 1.165) is 55.3 Å². The van der Waals surface area contributed by atoms with Crippen molar-refractivity contribution in [2.75, 3.05) is 25.0 Å². The highest BCUT2D eigenvalue weighted by molar-refractivity contribution is 7.80. The molecule has 1 aromatic carbocycles. The first-order valence-electron chi connectivity index (χ1n) is 9.37. The second-order valence-electron chi connectivity index (χ2n) is 7.53. The van der Waals surface area contributed by atoms with Crippen LogP contribution < -0.4 is 5.32 Å². The lowest BCUT2D eigenvalue weighted by molar-refractivity contribution is -0.130. The number of nitrogens with one attached hydrogen (secondary N) is 1. The van der Waals surface area contributed by atoms with E-state index >= 15 is 0 Å². The number of nitrogens with zero attached hydrogens (tertiary/aromatic N) is 2. The first-order valence-corrected chi connectivity index (χ1v) is 10.2. The molecule has 2 rings (SSSR count). The lowest BCUT2D eigenvalue weighted by atomic mass is 10.0. The van der Waals surface area contributed by atoms with Crippen LogP contribution in [0, 0.1) is 12.8 Å². The monoisotopic (exact) mass is 395 g/mol. The van der Waals surface area contributed by atoms with Crippen LogP contribution >= 0.6 is 23.8 Å². The zero-order valence-corrected chi connectivity index (χ0v) is 17.8. The maximum Gasteiger partial charge on any atom is 0.219 e. The molecule has 26 heavy (non-hydrogen) atoms. The van der Waals surface area contributed by atoms with Crippen molar-refractivity contribution >= 4 is 40.5 Å². The summed E-state index contributed by atoms with van der Waals surface area (Å²) < 4.78 is 0. The first kappa shape index (κ1) is 21.0. The van der Waals surface area contributed by atoms with Crippen LogP contribution in [0.15, 0.2) is 18.2 Å². The lowest BCUT2D eigenvalue weighted by Crippen LogP contribution is -2.50. The minimum Gasteiger partial charge on any atom is -0.346 e. The number of benzene rings is 1. The average Bonchev–Trinajstić information content (AvgIpc) is 2.57. The largest absolute Gasteiger partial charge is 0.346 e. The third-order valence-corrected chi connectivity index (χ3v) is 5.57. The number of amides is 1. The smallest absolute Gasteiger partial charge is 0.219 e. The van der Waals surface area contributed by atoms with Crippen LogP contribution in [0.4, 0.5) is 5.69 Å². The van der Waals surface area contributed by atoms with Crippen LogP contribution in [-0.4, -0.2) is 46.5 Å². The van der Waals surface area contributed by atoms with Gasteiger partial charge in [-0.2, -0.15) is 0 Å². The summed E-state index contributed by atoms with van der Waals surface area (Å²) in [6.45, 7) is 10.6. The molecule has 1 amide bonds. The molecule has 0 saturated carbocycles. The second-order valence-corrected chi connectivity index (χ2v) is 8.32. The molecular formula is C20H30ClN3OS. The van der Waals surface area contributed by atoms with Crippen LogP contribution in [0.3, 0.4) is 0 Å². The number of anilines is 1. The number of halogens is 1. The van der Waals surface area contributed by atoms with E-state index in [0.29, 0.717) is 17.0 Å². The van der Waals surface area contributed by atoms with Gasteiger partial charge in [0.15, 0.2) is 5.11 Å². The molecule has 0 aromatic heterocycles. The Hall–Kier alpha value is -1.33. The highest BCUT2D eigenvalue weighted by Gasteiger charge is 2.27. The Morgan fingerprint density at radius 3 is 2.58 bits per heavy atom. The molecule has 1 aromatic rings. The van der Waals surface area contributed by atoms with Gasteiger partial charge in [0, 0.05) is 32.6 Å². The number of hydrogen-bond donors (Lipinski definition) is 1. The second kappa shape index (κ2) is 9.56. The Balaban J connectivity index is 2.08. The van der Waals surface area contributed by atoms with Gasteiger partial charge in [-0.05, 0) is 62.0 Å². The maximum absolute atomic E-state index is 11.6. The van der Waals surface area contributed by atoms with Crippen molar-refractivity contribution in [2.45, 2.75) is 53.0 Å². The van der Waals surface area contributed by atoms with Crippen molar-refractivity contribution in [3.8, 4) is 0 Å². The van der Waals surface area contributed by atoms with E-state index in [4.69, 9.17) is 23.8 Å². The summed E-state index contributed by atoms with van der Waals surface area (Å²) in [4.78, 5) is 15.8. The van der Waals surface area contributed by atoms with Crippen LogP contribution in [0.5, 0.6) is 0 Å². The fourth-order valence-corrected chi connectivity index (χ4v) is 3.88. The molecule has 1 N–H and O–H groups in total. The maximum atomic E-state index is 11.6. The SMILES string of the molecule is CC(=O)N1CCC(N(CCC(C)C)C(=S)Nc2ccc(C)cc2Cl)CC1. The van der Waals surface area contributed by atoms with Crippen molar-refractivity contribution in [2.24, 2.45) is 5.92 Å². The molecule has 1 aliphatic heterocycles. The van der Waals surface area contributed by atoms with Gasteiger partial charge in [0.1, 0.15) is 0 Å². The summed E-state index contributed by atoms with van der Waals surface area (Å²) in [5, 5.41) is 4.74. The van der Waals surface area contributed by atoms with Crippen molar-refractivity contribution in [3.63, 3.8) is 0 Å². The molecule has 6 heteroatoms. The fraction of sp³-hybridized carbons (Fsp3) is 0.600. The molecule has 0 atom stereocenters. The van der Waals surface area contributed by atoms with Gasteiger partial charge in [-0.15, -0.1) is 0 Å². The molecule has 1 fully saturated rings. The summed E-state index contributed by atoms with van der Waals surface area (Å²) in [7, 11) is 0. The Morgan fingerprint density at radius 1 is 1.38 bits per heavy atom. The van der Waals surface area contributed by atoms with Crippen molar-refractivity contribution < 1.29 is 4.79 Å². The van der Waals surface area contributed by atoms with Gasteiger partial charge < -0.3 is 15.1 Å². The molecule has 144 valence electrons. The molecular weight excluding hydrogens is 366 g/mol. The average molecular weight is 396 g/mol. The third-order valence-electron chi connectivity index (χ3n) is 4.92.